The molecule has 0 aliphatic heterocycles. The molecule has 0 aromatic heterocycles. The number of nitrogens with one attached hydrogen (secondary N) is 2. The Bertz CT molecular complexity index is 1120. The molecular weight excluding hydrogens is 406 g/mol. The van der Waals surface area contributed by atoms with Crippen LogP contribution in [0.1, 0.15) is 37.4 Å². The number of nitrogens with zero attached hydrogens (tertiary/aromatic N) is 1. The molecule has 0 aliphatic rings. The lowest BCUT2D eigenvalue weighted by atomic mass is 10.1. The van der Waals surface area contributed by atoms with Crippen LogP contribution in [0, 0.1) is 13.8 Å². The SMILES string of the molecule is Cc1ccc(NC(=O)COC(=O)c2ccc(/C=N/NC(=O)c3ccc(C)cc3)cc2)cc1. The number of hydrogen-bond acceptors (Lipinski definition) is 5. The second kappa shape index (κ2) is 10.7. The molecule has 0 radical (unpaired) electrons. The van der Waals surface area contributed by atoms with E-state index in [2.05, 4.69) is 15.8 Å². The van der Waals surface area contributed by atoms with Crippen molar-refractivity contribution in [3.8, 4) is 0 Å². The minimum Gasteiger partial charge on any atom is -0.452 e. The summed E-state index contributed by atoms with van der Waals surface area (Å²) in [5.74, 6) is -1.35. The van der Waals surface area contributed by atoms with E-state index in [9.17, 15) is 14.4 Å². The van der Waals surface area contributed by atoms with Gasteiger partial charge in [0.25, 0.3) is 11.8 Å². The summed E-state index contributed by atoms with van der Waals surface area (Å²) in [6, 6.07) is 20.9. The van der Waals surface area contributed by atoms with E-state index in [4.69, 9.17) is 4.74 Å². The molecule has 2 N–H and O–H groups in total. The zero-order valence-corrected chi connectivity index (χ0v) is 17.8. The van der Waals surface area contributed by atoms with Crippen LogP contribution in [0.25, 0.3) is 0 Å². The highest BCUT2D eigenvalue weighted by Crippen LogP contribution is 2.09. The smallest absolute Gasteiger partial charge is 0.338 e. The Kier molecular flexibility index (Phi) is 7.48. The molecule has 0 spiro atoms. The quantitative estimate of drug-likeness (QED) is 0.339. The van der Waals surface area contributed by atoms with Gasteiger partial charge in [0.1, 0.15) is 0 Å². The highest BCUT2D eigenvalue weighted by Gasteiger charge is 2.10. The maximum Gasteiger partial charge on any atom is 0.338 e. The van der Waals surface area contributed by atoms with E-state index in [0.29, 0.717) is 22.4 Å². The van der Waals surface area contributed by atoms with E-state index in [1.165, 1.54) is 6.21 Å². The predicted molar refractivity (Wildman–Crippen MR) is 123 cm³/mol. The normalized spacial score (nSPS) is 10.6. The number of aryl methyl sites for hydroxylation is 2. The summed E-state index contributed by atoms with van der Waals surface area (Å²) in [5.41, 5.74) is 6.73. The van der Waals surface area contributed by atoms with Crippen LogP contribution in [0.3, 0.4) is 0 Å². The average molecular weight is 429 g/mol. The third-order valence-corrected chi connectivity index (χ3v) is 4.51. The van der Waals surface area contributed by atoms with Gasteiger partial charge in [0.2, 0.25) is 0 Å². The van der Waals surface area contributed by atoms with Crippen LogP contribution in [-0.4, -0.2) is 30.6 Å². The minimum absolute atomic E-state index is 0.300. The molecule has 0 saturated carbocycles. The second-order valence-corrected chi connectivity index (χ2v) is 7.18. The minimum atomic E-state index is -0.611. The van der Waals surface area contributed by atoms with Crippen LogP contribution in [-0.2, 0) is 9.53 Å². The fourth-order valence-electron chi connectivity index (χ4n) is 2.69. The van der Waals surface area contributed by atoms with E-state index in [1.807, 2.05) is 38.1 Å². The fourth-order valence-corrected chi connectivity index (χ4v) is 2.69. The Morgan fingerprint density at radius 2 is 1.38 bits per heavy atom. The highest BCUT2D eigenvalue weighted by atomic mass is 16.5. The van der Waals surface area contributed by atoms with Crippen LogP contribution < -0.4 is 10.7 Å². The Hall–Kier alpha value is -4.26. The van der Waals surface area contributed by atoms with Crippen molar-refractivity contribution < 1.29 is 19.1 Å². The Labute approximate surface area is 186 Å². The molecule has 3 rings (SSSR count). The summed E-state index contributed by atoms with van der Waals surface area (Å²) in [5, 5.41) is 6.59. The first-order chi connectivity index (χ1) is 15.4. The Balaban J connectivity index is 1.46. The van der Waals surface area contributed by atoms with Gasteiger partial charge in [0.15, 0.2) is 6.61 Å². The lowest BCUT2D eigenvalue weighted by Gasteiger charge is -2.07. The molecule has 3 aromatic carbocycles. The number of hydrogen-bond donors (Lipinski definition) is 2. The summed E-state index contributed by atoms with van der Waals surface area (Å²) < 4.78 is 5.05. The van der Waals surface area contributed by atoms with Gasteiger partial charge < -0.3 is 10.1 Å². The van der Waals surface area contributed by atoms with Gasteiger partial charge in [0.05, 0.1) is 11.8 Å². The van der Waals surface area contributed by atoms with Crippen molar-refractivity contribution in [1.29, 1.82) is 0 Å². The molecule has 0 saturated heterocycles. The number of ether oxygens (including phenoxy) is 1. The summed E-state index contributed by atoms with van der Waals surface area (Å²) in [6.45, 7) is 3.51. The zero-order valence-electron chi connectivity index (χ0n) is 17.8. The third kappa shape index (κ3) is 6.63. The van der Waals surface area contributed by atoms with E-state index in [-0.39, 0.29) is 12.5 Å². The van der Waals surface area contributed by atoms with E-state index in [1.54, 1.807) is 48.5 Å². The van der Waals surface area contributed by atoms with Gasteiger partial charge in [-0.25, -0.2) is 10.2 Å². The molecule has 7 nitrogen and oxygen atoms in total. The number of carbonyl (C=O) groups excluding carboxylic acids is 3. The molecule has 0 bridgehead atoms. The maximum atomic E-state index is 12.1. The Morgan fingerprint density at radius 3 is 2.00 bits per heavy atom. The summed E-state index contributed by atoms with van der Waals surface area (Å²) in [7, 11) is 0. The second-order valence-electron chi connectivity index (χ2n) is 7.18. The van der Waals surface area contributed by atoms with Gasteiger partial charge in [-0.2, -0.15) is 5.10 Å². The molecule has 0 atom stereocenters. The first kappa shape index (κ1) is 22.4. The topological polar surface area (TPSA) is 96.9 Å². The fraction of sp³-hybridized carbons (Fsp3) is 0.120. The summed E-state index contributed by atoms with van der Waals surface area (Å²) in [4.78, 5) is 36.1. The van der Waals surface area contributed by atoms with Crippen molar-refractivity contribution >= 4 is 29.7 Å². The number of hydrazone groups is 1. The highest BCUT2D eigenvalue weighted by molar-refractivity contribution is 5.96. The molecule has 3 aromatic rings. The van der Waals surface area contributed by atoms with Crippen LogP contribution in [0.5, 0.6) is 0 Å². The Morgan fingerprint density at radius 1 is 0.812 bits per heavy atom. The first-order valence-electron chi connectivity index (χ1n) is 9.94. The number of rotatable bonds is 7. The van der Waals surface area contributed by atoms with E-state index < -0.39 is 11.9 Å². The molecule has 162 valence electrons. The van der Waals surface area contributed by atoms with Crippen LogP contribution in [0.4, 0.5) is 5.69 Å². The molecular formula is C25H23N3O4. The average Bonchev–Trinajstić information content (AvgIpc) is 2.80. The van der Waals surface area contributed by atoms with Crippen molar-refractivity contribution in [2.75, 3.05) is 11.9 Å². The van der Waals surface area contributed by atoms with Gasteiger partial charge in [-0.3, -0.25) is 9.59 Å². The van der Waals surface area contributed by atoms with Crippen LogP contribution in [0.15, 0.2) is 77.9 Å². The molecule has 32 heavy (non-hydrogen) atoms. The van der Waals surface area contributed by atoms with Crippen molar-refractivity contribution in [2.24, 2.45) is 5.10 Å². The van der Waals surface area contributed by atoms with Gasteiger partial charge in [-0.15, -0.1) is 0 Å². The van der Waals surface area contributed by atoms with Crippen molar-refractivity contribution in [1.82, 2.24) is 5.43 Å². The van der Waals surface area contributed by atoms with Crippen molar-refractivity contribution in [2.45, 2.75) is 13.8 Å². The van der Waals surface area contributed by atoms with E-state index in [0.717, 1.165) is 11.1 Å². The standard InChI is InChI=1S/C25H23N3O4/c1-17-3-9-20(10-4-17)24(30)28-26-15-19-7-11-21(12-8-19)25(31)32-16-23(29)27-22-13-5-18(2)6-14-22/h3-15H,16H2,1-2H3,(H,27,29)(H,28,30)/b26-15+. The summed E-state index contributed by atoms with van der Waals surface area (Å²) >= 11 is 0. The lowest BCUT2D eigenvalue weighted by Crippen LogP contribution is -2.20. The lowest BCUT2D eigenvalue weighted by molar-refractivity contribution is -0.119. The first-order valence-corrected chi connectivity index (χ1v) is 9.94. The zero-order chi connectivity index (χ0) is 22.9. The molecule has 2 amide bonds. The van der Waals surface area contributed by atoms with Crippen molar-refractivity contribution in [3.63, 3.8) is 0 Å². The maximum absolute atomic E-state index is 12.1. The monoisotopic (exact) mass is 429 g/mol. The third-order valence-electron chi connectivity index (χ3n) is 4.51. The number of benzene rings is 3. The number of carbonyl (C=O) groups is 3. The number of anilines is 1. The molecule has 0 fully saturated rings. The van der Waals surface area contributed by atoms with Gasteiger partial charge >= 0.3 is 5.97 Å². The van der Waals surface area contributed by atoms with Gasteiger partial charge in [0, 0.05) is 11.3 Å². The van der Waals surface area contributed by atoms with Gasteiger partial charge in [-0.05, 0) is 55.8 Å². The van der Waals surface area contributed by atoms with Gasteiger partial charge in [-0.1, -0.05) is 47.5 Å². The van der Waals surface area contributed by atoms with Crippen LogP contribution in [0.2, 0.25) is 0 Å². The largest absolute Gasteiger partial charge is 0.452 e. The van der Waals surface area contributed by atoms with Crippen molar-refractivity contribution in [3.05, 3.63) is 101 Å². The molecule has 7 heteroatoms. The van der Waals surface area contributed by atoms with E-state index >= 15 is 0 Å². The van der Waals surface area contributed by atoms with Crippen LogP contribution >= 0.6 is 0 Å². The predicted octanol–water partition coefficient (Wildman–Crippen LogP) is 3.86. The number of esters is 1. The molecule has 0 aliphatic carbocycles. The number of amides is 2. The molecule has 0 heterocycles. The molecule has 0 unspecified atom stereocenters. The summed E-state index contributed by atoms with van der Waals surface area (Å²) in [6.07, 6.45) is 1.47.